The summed E-state index contributed by atoms with van der Waals surface area (Å²) in [5.74, 6) is 0.730. The lowest BCUT2D eigenvalue weighted by Crippen LogP contribution is -1.94. The maximum absolute atomic E-state index is 5.30. The van der Waals surface area contributed by atoms with Crippen LogP contribution in [0.1, 0.15) is 0 Å². The predicted molar refractivity (Wildman–Crippen MR) is 200 cm³/mol. The van der Waals surface area contributed by atoms with E-state index < -0.39 is 0 Å². The van der Waals surface area contributed by atoms with Crippen molar-refractivity contribution in [3.8, 4) is 56.0 Å². The van der Waals surface area contributed by atoms with Gasteiger partial charge in [0.15, 0.2) is 5.82 Å². The predicted octanol–water partition coefficient (Wildman–Crippen LogP) is 12.3. The molecule has 2 heterocycles. The average molecular weight is 617 g/mol. The largest absolute Gasteiger partial charge is 0.226 e. The summed E-state index contributed by atoms with van der Waals surface area (Å²) in [6, 6.07) is 60.3. The van der Waals surface area contributed by atoms with E-state index in [0.29, 0.717) is 0 Å². The molecule has 0 saturated carbocycles. The van der Waals surface area contributed by atoms with Crippen LogP contribution in [0.2, 0.25) is 0 Å². The second-order valence-corrected chi connectivity index (χ2v) is 12.9. The molecule has 0 radical (unpaired) electrons. The molecule has 9 rings (SSSR count). The van der Waals surface area contributed by atoms with Crippen LogP contribution < -0.4 is 0 Å². The summed E-state index contributed by atoms with van der Waals surface area (Å²) in [4.78, 5) is 10.5. The molecular formula is C44H28N2S. The van der Waals surface area contributed by atoms with Gasteiger partial charge in [0, 0.05) is 21.2 Å². The summed E-state index contributed by atoms with van der Waals surface area (Å²) in [5, 5.41) is 3.67. The van der Waals surface area contributed by atoms with Gasteiger partial charge in [0.05, 0.1) is 15.9 Å². The van der Waals surface area contributed by atoms with Crippen LogP contribution in [-0.4, -0.2) is 9.97 Å². The molecule has 9 aromatic rings. The lowest BCUT2D eigenvalue weighted by molar-refractivity contribution is 1.24. The van der Waals surface area contributed by atoms with Crippen molar-refractivity contribution in [1.82, 2.24) is 9.97 Å². The van der Waals surface area contributed by atoms with Crippen LogP contribution in [0.25, 0.3) is 87.1 Å². The average Bonchev–Trinajstić information content (AvgIpc) is 3.53. The number of fused-ring (bicyclic) bond motifs is 4. The van der Waals surface area contributed by atoms with Crippen LogP contribution in [0.5, 0.6) is 0 Å². The second-order valence-electron chi connectivity index (χ2n) is 11.8. The Morgan fingerprint density at radius 2 is 0.936 bits per heavy atom. The lowest BCUT2D eigenvalue weighted by atomic mass is 9.95. The van der Waals surface area contributed by atoms with Gasteiger partial charge >= 0.3 is 0 Å². The van der Waals surface area contributed by atoms with Crippen molar-refractivity contribution in [2.75, 3.05) is 0 Å². The van der Waals surface area contributed by atoms with Crippen LogP contribution in [0.15, 0.2) is 170 Å². The van der Waals surface area contributed by atoms with Gasteiger partial charge < -0.3 is 0 Å². The first-order valence-electron chi connectivity index (χ1n) is 15.8. The summed E-state index contributed by atoms with van der Waals surface area (Å²) in [7, 11) is 0. The van der Waals surface area contributed by atoms with E-state index in [-0.39, 0.29) is 0 Å². The van der Waals surface area contributed by atoms with Crippen LogP contribution in [0.4, 0.5) is 0 Å². The monoisotopic (exact) mass is 616 g/mol. The zero-order valence-electron chi connectivity index (χ0n) is 25.5. The Morgan fingerprint density at radius 1 is 0.383 bits per heavy atom. The minimum absolute atomic E-state index is 0.730. The molecule has 0 amide bonds. The number of hydrogen-bond acceptors (Lipinski definition) is 3. The standard InChI is InChI=1S/C44H28N2S/c1-2-12-29(13-3-1)31-16-9-20-35(27-31)41-43-42(39-23-6-7-25-40(39)47-43)46-44(45-41)36-21-10-18-33(28-36)32-17-8-19-34(26-32)38-24-11-15-30-14-4-5-22-37(30)38/h1-28H. The molecule has 0 fully saturated rings. The van der Waals surface area contributed by atoms with E-state index in [1.807, 2.05) is 0 Å². The highest BCUT2D eigenvalue weighted by Gasteiger charge is 2.17. The highest BCUT2D eigenvalue weighted by atomic mass is 32.1. The number of thiophene rings is 1. The molecule has 0 aliphatic rings. The van der Waals surface area contributed by atoms with Crippen LogP contribution in [0.3, 0.4) is 0 Å². The van der Waals surface area contributed by atoms with E-state index in [2.05, 4.69) is 170 Å². The summed E-state index contributed by atoms with van der Waals surface area (Å²) in [6.45, 7) is 0. The molecule has 0 unspecified atom stereocenters. The van der Waals surface area contributed by atoms with Crippen molar-refractivity contribution in [2.45, 2.75) is 0 Å². The second kappa shape index (κ2) is 11.5. The Bertz CT molecular complexity index is 2580. The first-order chi connectivity index (χ1) is 23.3. The minimum atomic E-state index is 0.730. The van der Waals surface area contributed by atoms with E-state index >= 15 is 0 Å². The summed E-state index contributed by atoms with van der Waals surface area (Å²) < 4.78 is 2.33. The Kier molecular flexibility index (Phi) is 6.69. The number of rotatable bonds is 5. The van der Waals surface area contributed by atoms with Crippen molar-refractivity contribution in [2.24, 2.45) is 0 Å². The molecule has 2 aromatic heterocycles. The third-order valence-electron chi connectivity index (χ3n) is 8.88. The highest BCUT2D eigenvalue weighted by Crippen LogP contribution is 2.40. The highest BCUT2D eigenvalue weighted by molar-refractivity contribution is 7.26. The molecule has 0 bridgehead atoms. The van der Waals surface area contributed by atoms with Gasteiger partial charge in [0.1, 0.15) is 0 Å². The first kappa shape index (κ1) is 27.4. The molecule has 0 saturated heterocycles. The van der Waals surface area contributed by atoms with Crippen molar-refractivity contribution < 1.29 is 0 Å². The molecule has 2 nitrogen and oxygen atoms in total. The minimum Gasteiger partial charge on any atom is -0.226 e. The van der Waals surface area contributed by atoms with Gasteiger partial charge in [0.25, 0.3) is 0 Å². The molecule has 7 aromatic carbocycles. The fourth-order valence-corrected chi connectivity index (χ4v) is 7.73. The van der Waals surface area contributed by atoms with Gasteiger partial charge in [0.2, 0.25) is 0 Å². The summed E-state index contributed by atoms with van der Waals surface area (Å²) >= 11 is 1.76. The molecule has 220 valence electrons. The van der Waals surface area contributed by atoms with Crippen molar-refractivity contribution in [3.05, 3.63) is 170 Å². The van der Waals surface area contributed by atoms with E-state index in [9.17, 15) is 0 Å². The maximum Gasteiger partial charge on any atom is 0.160 e. The van der Waals surface area contributed by atoms with E-state index in [1.54, 1.807) is 11.3 Å². The lowest BCUT2D eigenvalue weighted by Gasteiger charge is -2.11. The molecule has 0 atom stereocenters. The molecule has 0 spiro atoms. The van der Waals surface area contributed by atoms with E-state index in [4.69, 9.17) is 9.97 Å². The number of hydrogen-bond donors (Lipinski definition) is 0. The Balaban J connectivity index is 1.19. The Labute approximate surface area is 277 Å². The molecule has 0 aliphatic heterocycles. The van der Waals surface area contributed by atoms with Gasteiger partial charge in [-0.2, -0.15) is 0 Å². The van der Waals surface area contributed by atoms with Crippen molar-refractivity contribution >= 4 is 42.4 Å². The normalized spacial score (nSPS) is 11.4. The van der Waals surface area contributed by atoms with Gasteiger partial charge in [-0.1, -0.05) is 146 Å². The van der Waals surface area contributed by atoms with Gasteiger partial charge in [-0.05, 0) is 68.4 Å². The molecule has 3 heteroatoms. The van der Waals surface area contributed by atoms with E-state index in [1.165, 1.54) is 37.7 Å². The fraction of sp³-hybridized carbons (Fsp3) is 0. The zero-order chi connectivity index (χ0) is 31.2. The number of nitrogens with zero attached hydrogens (tertiary/aromatic N) is 2. The Hall–Kier alpha value is -5.90. The molecule has 0 N–H and O–H groups in total. The smallest absolute Gasteiger partial charge is 0.160 e. The van der Waals surface area contributed by atoms with Gasteiger partial charge in [-0.25, -0.2) is 9.97 Å². The van der Waals surface area contributed by atoms with Crippen LogP contribution in [-0.2, 0) is 0 Å². The fourth-order valence-electron chi connectivity index (χ4n) is 6.57. The SMILES string of the molecule is c1ccc(-c2cccc(-c3nc(-c4cccc(-c5cccc(-c6cccc7ccccc67)c5)c4)nc4c3sc3ccccc34)c2)cc1. The summed E-state index contributed by atoms with van der Waals surface area (Å²) in [5.41, 5.74) is 11.1. The topological polar surface area (TPSA) is 25.8 Å². The van der Waals surface area contributed by atoms with Gasteiger partial charge in [-0.3, -0.25) is 0 Å². The zero-order valence-corrected chi connectivity index (χ0v) is 26.3. The molecule has 0 aliphatic carbocycles. The molecular weight excluding hydrogens is 589 g/mol. The van der Waals surface area contributed by atoms with E-state index in [0.717, 1.165) is 49.4 Å². The van der Waals surface area contributed by atoms with Crippen molar-refractivity contribution in [3.63, 3.8) is 0 Å². The third kappa shape index (κ3) is 4.98. The molecule has 47 heavy (non-hydrogen) atoms. The van der Waals surface area contributed by atoms with Gasteiger partial charge in [-0.15, -0.1) is 11.3 Å². The van der Waals surface area contributed by atoms with Crippen LogP contribution in [0, 0.1) is 0 Å². The van der Waals surface area contributed by atoms with Crippen molar-refractivity contribution in [1.29, 1.82) is 0 Å². The number of aromatic nitrogens is 2. The first-order valence-corrected chi connectivity index (χ1v) is 16.6. The maximum atomic E-state index is 5.30. The van der Waals surface area contributed by atoms with Crippen LogP contribution >= 0.6 is 11.3 Å². The number of benzene rings is 7. The summed E-state index contributed by atoms with van der Waals surface area (Å²) in [6.07, 6.45) is 0. The quantitative estimate of drug-likeness (QED) is 0.192. The third-order valence-corrected chi connectivity index (χ3v) is 10.0. The Morgan fingerprint density at radius 3 is 1.77 bits per heavy atom.